The Morgan fingerprint density at radius 2 is 1.64 bits per heavy atom. The van der Waals surface area contributed by atoms with Gasteiger partial charge in [-0.25, -0.2) is 0 Å². The Bertz CT molecular complexity index is 326. The Kier molecular flexibility index (Phi) is 9.87. The van der Waals surface area contributed by atoms with Gasteiger partial charge in [-0.3, -0.25) is 14.5 Å². The third-order valence-corrected chi connectivity index (χ3v) is 4.13. The van der Waals surface area contributed by atoms with Gasteiger partial charge in [0.25, 0.3) is 0 Å². The number of unbranched alkanes of at least 4 members (excludes halogenated alkanes) is 2. The van der Waals surface area contributed by atoms with Crippen molar-refractivity contribution >= 4 is 11.8 Å². The molecule has 2 amide bonds. The van der Waals surface area contributed by atoms with E-state index in [2.05, 4.69) is 17.1 Å². The van der Waals surface area contributed by atoms with Gasteiger partial charge in [0.2, 0.25) is 11.8 Å². The Labute approximate surface area is 135 Å². The maximum absolute atomic E-state index is 12.1. The molecular weight excluding hydrogens is 278 g/mol. The van der Waals surface area contributed by atoms with Crippen molar-refractivity contribution in [1.82, 2.24) is 15.1 Å². The zero-order valence-corrected chi connectivity index (χ0v) is 14.4. The van der Waals surface area contributed by atoms with Crippen molar-refractivity contribution in [1.29, 1.82) is 0 Å². The summed E-state index contributed by atoms with van der Waals surface area (Å²) in [5.74, 6) is 0.440. The largest absolute Gasteiger partial charge is 0.356 e. The molecule has 0 atom stereocenters. The van der Waals surface area contributed by atoms with Crippen LogP contribution in [-0.4, -0.2) is 60.9 Å². The highest BCUT2D eigenvalue weighted by atomic mass is 16.2. The summed E-state index contributed by atoms with van der Waals surface area (Å²) in [4.78, 5) is 27.9. The molecule has 128 valence electrons. The first-order valence-electron chi connectivity index (χ1n) is 8.94. The molecule has 0 aromatic carbocycles. The fourth-order valence-corrected chi connectivity index (χ4v) is 2.82. The highest BCUT2D eigenvalue weighted by Gasteiger charge is 2.19. The lowest BCUT2D eigenvalue weighted by molar-refractivity contribution is -0.133. The standard InChI is InChI=1S/C17H33N3O2/c1-3-8-16(21)18-10-7-5-6-9-17(22)20-14-12-19(11-4-2)13-15-20/h3-15H2,1-2H3,(H,18,21). The van der Waals surface area contributed by atoms with Gasteiger partial charge in [-0.05, 0) is 32.2 Å². The second-order valence-electron chi connectivity index (χ2n) is 6.13. The van der Waals surface area contributed by atoms with Gasteiger partial charge in [0, 0.05) is 45.6 Å². The number of hydrogen-bond donors (Lipinski definition) is 1. The lowest BCUT2D eigenvalue weighted by Crippen LogP contribution is -2.48. The van der Waals surface area contributed by atoms with Crippen LogP contribution >= 0.6 is 0 Å². The fraction of sp³-hybridized carbons (Fsp3) is 0.882. The number of amides is 2. The molecule has 5 heteroatoms. The summed E-state index contributed by atoms with van der Waals surface area (Å²) in [6.45, 7) is 9.88. The van der Waals surface area contributed by atoms with E-state index in [4.69, 9.17) is 0 Å². The molecule has 1 saturated heterocycles. The summed E-state index contributed by atoms with van der Waals surface area (Å²) >= 11 is 0. The molecule has 0 saturated carbocycles. The summed E-state index contributed by atoms with van der Waals surface area (Å²) in [7, 11) is 0. The van der Waals surface area contributed by atoms with Gasteiger partial charge in [-0.15, -0.1) is 0 Å². The molecule has 0 unspecified atom stereocenters. The molecule has 0 bridgehead atoms. The predicted octanol–water partition coefficient (Wildman–Crippen LogP) is 2.02. The van der Waals surface area contributed by atoms with Crippen molar-refractivity contribution in [2.45, 2.75) is 58.8 Å². The minimum Gasteiger partial charge on any atom is -0.356 e. The van der Waals surface area contributed by atoms with Crippen LogP contribution in [0.4, 0.5) is 0 Å². The van der Waals surface area contributed by atoms with Crippen molar-refractivity contribution in [2.75, 3.05) is 39.3 Å². The maximum Gasteiger partial charge on any atom is 0.222 e. The molecule has 1 aliphatic rings. The normalized spacial score (nSPS) is 15.8. The van der Waals surface area contributed by atoms with E-state index in [0.29, 0.717) is 18.7 Å². The number of rotatable bonds is 10. The first-order valence-corrected chi connectivity index (χ1v) is 8.94. The van der Waals surface area contributed by atoms with E-state index in [1.165, 1.54) is 6.42 Å². The Balaban J connectivity index is 2.01. The van der Waals surface area contributed by atoms with Gasteiger partial charge in [-0.2, -0.15) is 0 Å². The van der Waals surface area contributed by atoms with Gasteiger partial charge in [0.05, 0.1) is 0 Å². The van der Waals surface area contributed by atoms with Crippen LogP contribution in [0.1, 0.15) is 58.8 Å². The lowest BCUT2D eigenvalue weighted by Gasteiger charge is -2.34. The summed E-state index contributed by atoms with van der Waals surface area (Å²) in [6, 6.07) is 0. The molecule has 0 aliphatic carbocycles. The topological polar surface area (TPSA) is 52.7 Å². The summed E-state index contributed by atoms with van der Waals surface area (Å²) < 4.78 is 0. The van der Waals surface area contributed by atoms with Crippen LogP contribution in [0.15, 0.2) is 0 Å². The number of nitrogens with one attached hydrogen (secondary N) is 1. The van der Waals surface area contributed by atoms with Crippen LogP contribution in [0.3, 0.4) is 0 Å². The zero-order valence-electron chi connectivity index (χ0n) is 14.4. The molecule has 1 aliphatic heterocycles. The van der Waals surface area contributed by atoms with Crippen LogP contribution in [0.2, 0.25) is 0 Å². The van der Waals surface area contributed by atoms with Gasteiger partial charge in [-0.1, -0.05) is 20.3 Å². The molecule has 0 spiro atoms. The number of nitrogens with zero attached hydrogens (tertiary/aromatic N) is 2. The van der Waals surface area contributed by atoms with Crippen LogP contribution in [0.25, 0.3) is 0 Å². The summed E-state index contributed by atoms with van der Waals surface area (Å²) in [5.41, 5.74) is 0. The third-order valence-electron chi connectivity index (χ3n) is 4.13. The molecule has 1 fully saturated rings. The van der Waals surface area contributed by atoms with E-state index in [0.717, 1.165) is 65.0 Å². The van der Waals surface area contributed by atoms with Gasteiger partial charge < -0.3 is 10.2 Å². The average molecular weight is 311 g/mol. The smallest absolute Gasteiger partial charge is 0.222 e. The van der Waals surface area contributed by atoms with Crippen LogP contribution in [0, 0.1) is 0 Å². The second kappa shape index (κ2) is 11.5. The Morgan fingerprint density at radius 1 is 0.909 bits per heavy atom. The van der Waals surface area contributed by atoms with Crippen LogP contribution in [0.5, 0.6) is 0 Å². The molecule has 0 radical (unpaired) electrons. The summed E-state index contributed by atoms with van der Waals surface area (Å²) in [6.07, 6.45) is 6.24. The average Bonchev–Trinajstić information content (AvgIpc) is 2.52. The highest BCUT2D eigenvalue weighted by molar-refractivity contribution is 5.76. The first-order chi connectivity index (χ1) is 10.7. The molecule has 22 heavy (non-hydrogen) atoms. The quantitative estimate of drug-likeness (QED) is 0.628. The van der Waals surface area contributed by atoms with Crippen molar-refractivity contribution in [3.05, 3.63) is 0 Å². The summed E-state index contributed by atoms with van der Waals surface area (Å²) in [5, 5.41) is 2.91. The minimum absolute atomic E-state index is 0.142. The predicted molar refractivity (Wildman–Crippen MR) is 89.7 cm³/mol. The van der Waals surface area contributed by atoms with Gasteiger partial charge >= 0.3 is 0 Å². The molecule has 0 aromatic heterocycles. The molecule has 1 heterocycles. The van der Waals surface area contributed by atoms with E-state index in [9.17, 15) is 9.59 Å². The van der Waals surface area contributed by atoms with E-state index in [1.54, 1.807) is 0 Å². The number of carbonyl (C=O) groups is 2. The minimum atomic E-state index is 0.142. The lowest BCUT2D eigenvalue weighted by atomic mass is 10.1. The fourth-order valence-electron chi connectivity index (χ4n) is 2.82. The van der Waals surface area contributed by atoms with Crippen molar-refractivity contribution in [2.24, 2.45) is 0 Å². The third kappa shape index (κ3) is 7.78. The second-order valence-corrected chi connectivity index (χ2v) is 6.13. The zero-order chi connectivity index (χ0) is 16.2. The Morgan fingerprint density at radius 3 is 2.27 bits per heavy atom. The van der Waals surface area contributed by atoms with Crippen LogP contribution < -0.4 is 5.32 Å². The number of hydrogen-bond acceptors (Lipinski definition) is 3. The maximum atomic E-state index is 12.1. The van der Waals surface area contributed by atoms with E-state index in [-0.39, 0.29) is 5.91 Å². The molecule has 1 N–H and O–H groups in total. The van der Waals surface area contributed by atoms with Crippen LogP contribution in [-0.2, 0) is 9.59 Å². The SMILES string of the molecule is CCCC(=O)NCCCCCC(=O)N1CCN(CCC)CC1. The van der Waals surface area contributed by atoms with Gasteiger partial charge in [0.1, 0.15) is 0 Å². The van der Waals surface area contributed by atoms with E-state index in [1.807, 2.05) is 11.8 Å². The van der Waals surface area contributed by atoms with E-state index >= 15 is 0 Å². The molecule has 5 nitrogen and oxygen atoms in total. The molecule has 0 aromatic rings. The Hall–Kier alpha value is -1.10. The van der Waals surface area contributed by atoms with Gasteiger partial charge in [0.15, 0.2) is 0 Å². The highest BCUT2D eigenvalue weighted by Crippen LogP contribution is 2.07. The van der Waals surface area contributed by atoms with E-state index < -0.39 is 0 Å². The number of piperazine rings is 1. The van der Waals surface area contributed by atoms with Crippen molar-refractivity contribution in [3.8, 4) is 0 Å². The molecular formula is C17H33N3O2. The number of carbonyl (C=O) groups excluding carboxylic acids is 2. The first kappa shape index (κ1) is 18.9. The monoisotopic (exact) mass is 311 g/mol. The molecule has 1 rings (SSSR count). The van der Waals surface area contributed by atoms with Crippen molar-refractivity contribution < 1.29 is 9.59 Å². The van der Waals surface area contributed by atoms with Crippen molar-refractivity contribution in [3.63, 3.8) is 0 Å².